The number of nitro benzene ring substituents is 1. The van der Waals surface area contributed by atoms with Gasteiger partial charge in [-0.3, -0.25) is 10.1 Å². The van der Waals surface area contributed by atoms with Crippen LogP contribution in [0.1, 0.15) is 12.5 Å². The summed E-state index contributed by atoms with van der Waals surface area (Å²) in [6.07, 6.45) is -2.97. The minimum Gasteiger partial charge on any atom is -0.317 e. The average molecular weight is 234 g/mol. The van der Waals surface area contributed by atoms with Crippen molar-refractivity contribution in [2.45, 2.75) is 18.9 Å². The highest BCUT2D eigenvalue weighted by molar-refractivity contribution is 5.37. The van der Waals surface area contributed by atoms with Crippen molar-refractivity contribution in [3.8, 4) is 0 Å². The van der Waals surface area contributed by atoms with E-state index in [9.17, 15) is 23.3 Å². The average Bonchev–Trinajstić information content (AvgIpc) is 2.16. The van der Waals surface area contributed by atoms with E-state index in [1.165, 1.54) is 0 Å². The fraction of sp³-hybridized carbons (Fsp3) is 0.333. The normalized spacial score (nSPS) is 14.9. The molecule has 2 N–H and O–H groups in total. The van der Waals surface area contributed by atoms with E-state index in [4.69, 9.17) is 5.73 Å². The van der Waals surface area contributed by atoms with Gasteiger partial charge in [0.05, 0.1) is 11.0 Å². The molecule has 0 aliphatic rings. The third-order valence-electron chi connectivity index (χ3n) is 2.20. The molecule has 0 aromatic heterocycles. The fourth-order valence-corrected chi connectivity index (χ4v) is 1.17. The molecular weight excluding hydrogens is 225 g/mol. The lowest BCUT2D eigenvalue weighted by atomic mass is 9.93. The van der Waals surface area contributed by atoms with Gasteiger partial charge in [-0.2, -0.15) is 0 Å². The van der Waals surface area contributed by atoms with Gasteiger partial charge in [-0.25, -0.2) is 13.2 Å². The number of nitrogens with two attached hydrogens (primary N) is 1. The van der Waals surface area contributed by atoms with Crippen LogP contribution in [0.3, 0.4) is 0 Å². The summed E-state index contributed by atoms with van der Waals surface area (Å²) in [5.41, 5.74) is 2.12. The Morgan fingerprint density at radius 2 is 2.06 bits per heavy atom. The van der Waals surface area contributed by atoms with Gasteiger partial charge in [0.15, 0.2) is 0 Å². The summed E-state index contributed by atoms with van der Waals surface area (Å²) < 4.78 is 38.4. The second-order valence-corrected chi connectivity index (χ2v) is 3.50. The molecule has 1 rings (SSSR count). The van der Waals surface area contributed by atoms with E-state index in [-0.39, 0.29) is 0 Å². The molecule has 0 radical (unpaired) electrons. The number of hydrogen-bond donors (Lipinski definition) is 1. The number of non-ortho nitro benzene ring substituents is 1. The van der Waals surface area contributed by atoms with Crippen LogP contribution in [0.5, 0.6) is 0 Å². The molecule has 0 heterocycles. The van der Waals surface area contributed by atoms with Crippen LogP contribution in [-0.4, -0.2) is 11.3 Å². The molecule has 0 aliphatic carbocycles. The topological polar surface area (TPSA) is 69.2 Å². The Hall–Kier alpha value is -1.63. The lowest BCUT2D eigenvalue weighted by molar-refractivity contribution is -0.385. The van der Waals surface area contributed by atoms with Crippen molar-refractivity contribution < 1.29 is 18.1 Å². The van der Waals surface area contributed by atoms with Crippen molar-refractivity contribution in [3.05, 3.63) is 39.7 Å². The molecule has 1 aromatic carbocycles. The number of halogens is 3. The molecule has 1 aromatic rings. The lowest BCUT2D eigenvalue weighted by Crippen LogP contribution is -2.41. The van der Waals surface area contributed by atoms with Crippen LogP contribution in [0, 0.1) is 15.9 Å². The quantitative estimate of drug-likeness (QED) is 0.643. The molecule has 0 fully saturated rings. The standard InChI is InChI=1S/C9H9F3N2O2/c1-9(13,8(11)12)6-3-2-5(14(15)16)4-7(6)10/h2-4,8H,13H2,1H3. The number of hydrogen-bond acceptors (Lipinski definition) is 3. The summed E-state index contributed by atoms with van der Waals surface area (Å²) in [5, 5.41) is 10.3. The van der Waals surface area contributed by atoms with Crippen molar-refractivity contribution in [1.29, 1.82) is 0 Å². The van der Waals surface area contributed by atoms with E-state index in [2.05, 4.69) is 0 Å². The number of nitro groups is 1. The Morgan fingerprint density at radius 1 is 1.50 bits per heavy atom. The van der Waals surface area contributed by atoms with Crippen LogP contribution in [0.25, 0.3) is 0 Å². The lowest BCUT2D eigenvalue weighted by Gasteiger charge is -2.24. The Kier molecular flexibility index (Phi) is 3.18. The van der Waals surface area contributed by atoms with Gasteiger partial charge in [-0.05, 0) is 13.0 Å². The second kappa shape index (κ2) is 4.09. The van der Waals surface area contributed by atoms with Crippen LogP contribution in [0.2, 0.25) is 0 Å². The summed E-state index contributed by atoms with van der Waals surface area (Å²) in [6, 6.07) is 2.41. The monoisotopic (exact) mass is 234 g/mol. The first-order valence-electron chi connectivity index (χ1n) is 4.28. The van der Waals surface area contributed by atoms with E-state index < -0.39 is 34.0 Å². The predicted molar refractivity (Wildman–Crippen MR) is 50.6 cm³/mol. The van der Waals surface area contributed by atoms with Crippen LogP contribution in [0.15, 0.2) is 18.2 Å². The van der Waals surface area contributed by atoms with Gasteiger partial charge in [0, 0.05) is 11.6 Å². The maximum Gasteiger partial charge on any atom is 0.272 e. The van der Waals surface area contributed by atoms with Gasteiger partial charge in [-0.1, -0.05) is 0 Å². The van der Waals surface area contributed by atoms with Crippen LogP contribution in [0.4, 0.5) is 18.9 Å². The van der Waals surface area contributed by atoms with Gasteiger partial charge in [0.25, 0.3) is 12.1 Å². The Morgan fingerprint density at radius 3 is 2.44 bits per heavy atom. The van der Waals surface area contributed by atoms with Gasteiger partial charge in [-0.15, -0.1) is 0 Å². The van der Waals surface area contributed by atoms with Gasteiger partial charge < -0.3 is 5.73 Å². The summed E-state index contributed by atoms with van der Waals surface area (Å²) in [7, 11) is 0. The number of alkyl halides is 2. The predicted octanol–water partition coefficient (Wildman–Crippen LogP) is 2.17. The fourth-order valence-electron chi connectivity index (χ4n) is 1.17. The first-order chi connectivity index (χ1) is 7.26. The molecule has 16 heavy (non-hydrogen) atoms. The largest absolute Gasteiger partial charge is 0.317 e. The molecule has 0 spiro atoms. The number of benzene rings is 1. The van der Waals surface area contributed by atoms with Crippen LogP contribution < -0.4 is 5.73 Å². The number of rotatable bonds is 3. The van der Waals surface area contributed by atoms with Crippen molar-refractivity contribution in [3.63, 3.8) is 0 Å². The number of nitrogens with zero attached hydrogens (tertiary/aromatic N) is 1. The third-order valence-corrected chi connectivity index (χ3v) is 2.20. The molecule has 0 aliphatic heterocycles. The molecule has 1 atom stereocenters. The van der Waals surface area contributed by atoms with E-state index in [0.29, 0.717) is 6.07 Å². The highest BCUT2D eigenvalue weighted by Gasteiger charge is 2.35. The van der Waals surface area contributed by atoms with Crippen LogP contribution in [-0.2, 0) is 5.54 Å². The minimum atomic E-state index is -2.97. The van der Waals surface area contributed by atoms with E-state index in [1.807, 2.05) is 0 Å². The Balaban J connectivity index is 3.23. The second-order valence-electron chi connectivity index (χ2n) is 3.50. The summed E-state index contributed by atoms with van der Waals surface area (Å²) in [6.45, 7) is 0.960. The zero-order chi connectivity index (χ0) is 12.5. The summed E-state index contributed by atoms with van der Waals surface area (Å²) in [5.74, 6) is -1.11. The molecule has 7 heteroatoms. The van der Waals surface area contributed by atoms with E-state index in [0.717, 1.165) is 19.1 Å². The molecule has 0 amide bonds. The highest BCUT2D eigenvalue weighted by Crippen LogP contribution is 2.29. The summed E-state index contributed by atoms with van der Waals surface area (Å²) in [4.78, 5) is 9.49. The van der Waals surface area contributed by atoms with Crippen molar-refractivity contribution >= 4 is 5.69 Å². The molecular formula is C9H9F3N2O2. The first-order valence-corrected chi connectivity index (χ1v) is 4.28. The smallest absolute Gasteiger partial charge is 0.272 e. The molecule has 88 valence electrons. The zero-order valence-corrected chi connectivity index (χ0v) is 8.28. The van der Waals surface area contributed by atoms with Crippen molar-refractivity contribution in [2.24, 2.45) is 5.73 Å². The minimum absolute atomic E-state index is 0.451. The van der Waals surface area contributed by atoms with E-state index >= 15 is 0 Å². The van der Waals surface area contributed by atoms with Crippen molar-refractivity contribution in [1.82, 2.24) is 0 Å². The molecule has 0 saturated carbocycles. The van der Waals surface area contributed by atoms with Crippen LogP contribution >= 0.6 is 0 Å². The Labute approximate surface area is 89.0 Å². The maximum atomic E-state index is 13.3. The van der Waals surface area contributed by atoms with Gasteiger partial charge in [0.1, 0.15) is 11.4 Å². The first kappa shape index (κ1) is 12.4. The molecule has 4 nitrogen and oxygen atoms in total. The Bertz CT molecular complexity index is 421. The maximum absolute atomic E-state index is 13.3. The SMILES string of the molecule is CC(N)(c1ccc([N+](=O)[O-])cc1F)C(F)F. The highest BCUT2D eigenvalue weighted by atomic mass is 19.3. The van der Waals surface area contributed by atoms with Gasteiger partial charge >= 0.3 is 0 Å². The molecule has 0 saturated heterocycles. The molecule has 0 bridgehead atoms. The van der Waals surface area contributed by atoms with Crippen molar-refractivity contribution in [2.75, 3.05) is 0 Å². The third kappa shape index (κ3) is 2.13. The van der Waals surface area contributed by atoms with E-state index in [1.54, 1.807) is 0 Å². The molecule has 1 unspecified atom stereocenters. The zero-order valence-electron chi connectivity index (χ0n) is 8.28. The summed E-state index contributed by atoms with van der Waals surface area (Å²) >= 11 is 0. The van der Waals surface area contributed by atoms with Gasteiger partial charge in [0.2, 0.25) is 0 Å².